The highest BCUT2D eigenvalue weighted by molar-refractivity contribution is 5.85. The van der Waals surface area contributed by atoms with Crippen LogP contribution in [0, 0.1) is 11.6 Å². The number of hydrogen-bond donors (Lipinski definition) is 2. The second-order valence-electron chi connectivity index (χ2n) is 8.18. The number of fused-ring (bicyclic) bond motifs is 1. The van der Waals surface area contributed by atoms with Crippen molar-refractivity contribution in [2.45, 2.75) is 32.4 Å². The molecule has 0 aromatic heterocycles. The lowest BCUT2D eigenvalue weighted by Crippen LogP contribution is -2.45. The van der Waals surface area contributed by atoms with Crippen molar-refractivity contribution in [1.82, 2.24) is 15.5 Å². The quantitative estimate of drug-likeness (QED) is 0.553. The van der Waals surface area contributed by atoms with Crippen molar-refractivity contribution in [2.75, 3.05) is 37.6 Å². The molecular formula is C24H29F2N5O. The highest BCUT2D eigenvalue weighted by Gasteiger charge is 2.27. The number of nitrogens with one attached hydrogen (secondary N) is 2. The number of carbonyl (C=O) groups is 1. The molecule has 1 saturated heterocycles. The van der Waals surface area contributed by atoms with E-state index in [-0.39, 0.29) is 24.2 Å². The summed E-state index contributed by atoms with van der Waals surface area (Å²) in [6.45, 7) is 4.96. The van der Waals surface area contributed by atoms with Gasteiger partial charge in [0.1, 0.15) is 23.9 Å². The van der Waals surface area contributed by atoms with Gasteiger partial charge in [-0.25, -0.2) is 13.8 Å². The maximum Gasteiger partial charge on any atom is 0.244 e. The first-order valence-electron chi connectivity index (χ1n) is 11.1. The van der Waals surface area contributed by atoms with Crippen LogP contribution < -0.4 is 15.5 Å². The van der Waals surface area contributed by atoms with Crippen LogP contribution in [-0.4, -0.2) is 55.5 Å². The van der Waals surface area contributed by atoms with Crippen molar-refractivity contribution in [3.63, 3.8) is 0 Å². The monoisotopic (exact) mass is 441 g/mol. The Bertz CT molecular complexity index is 976. The van der Waals surface area contributed by atoms with Gasteiger partial charge in [0.25, 0.3) is 0 Å². The molecule has 2 N–H and O–H groups in total. The zero-order chi connectivity index (χ0) is 22.5. The molecule has 1 unspecified atom stereocenters. The van der Waals surface area contributed by atoms with Gasteiger partial charge in [-0.1, -0.05) is 30.3 Å². The van der Waals surface area contributed by atoms with E-state index in [2.05, 4.69) is 27.8 Å². The van der Waals surface area contributed by atoms with E-state index in [1.807, 2.05) is 24.0 Å². The number of hydrogen-bond acceptors (Lipinski definition) is 3. The lowest BCUT2D eigenvalue weighted by Gasteiger charge is -2.28. The molecule has 0 aliphatic carbocycles. The molecule has 0 spiro atoms. The molecule has 2 aromatic carbocycles. The third-order valence-corrected chi connectivity index (χ3v) is 5.98. The maximum atomic E-state index is 14.1. The van der Waals surface area contributed by atoms with Crippen LogP contribution in [0.4, 0.5) is 14.5 Å². The molecule has 2 aliphatic rings. The lowest BCUT2D eigenvalue weighted by atomic mass is 10.00. The summed E-state index contributed by atoms with van der Waals surface area (Å²) in [5.41, 5.74) is 2.50. The summed E-state index contributed by atoms with van der Waals surface area (Å²) in [5.74, 6) is -0.586. The SMILES string of the molecule is CCNC(=NCC(=O)N1CCc2ccccc2C1)NC1CCN(c2c(F)cccc2F)C1. The van der Waals surface area contributed by atoms with Crippen LogP contribution in [0.1, 0.15) is 24.5 Å². The van der Waals surface area contributed by atoms with E-state index >= 15 is 0 Å². The molecule has 8 heteroatoms. The van der Waals surface area contributed by atoms with Gasteiger partial charge in [-0.2, -0.15) is 0 Å². The Morgan fingerprint density at radius 3 is 2.59 bits per heavy atom. The number of para-hydroxylation sites is 1. The number of guanidine groups is 1. The molecule has 1 amide bonds. The third kappa shape index (κ3) is 5.00. The average Bonchev–Trinajstić information content (AvgIpc) is 3.25. The number of carbonyl (C=O) groups excluding carboxylic acids is 1. The Balaban J connectivity index is 1.35. The largest absolute Gasteiger partial charge is 0.365 e. The van der Waals surface area contributed by atoms with Gasteiger partial charge in [0.2, 0.25) is 5.91 Å². The molecule has 2 heterocycles. The molecule has 1 atom stereocenters. The van der Waals surface area contributed by atoms with E-state index in [1.165, 1.54) is 29.3 Å². The molecule has 0 bridgehead atoms. The highest BCUT2D eigenvalue weighted by Crippen LogP contribution is 2.26. The van der Waals surface area contributed by atoms with Crippen LogP contribution in [0.15, 0.2) is 47.5 Å². The summed E-state index contributed by atoms with van der Waals surface area (Å²) in [6, 6.07) is 12.1. The fraction of sp³-hybridized carbons (Fsp3) is 0.417. The molecule has 170 valence electrons. The van der Waals surface area contributed by atoms with Crippen LogP contribution in [0.2, 0.25) is 0 Å². The molecule has 1 fully saturated rings. The summed E-state index contributed by atoms with van der Waals surface area (Å²) in [5, 5.41) is 6.47. The second-order valence-corrected chi connectivity index (χ2v) is 8.18. The number of amides is 1. The van der Waals surface area contributed by atoms with Gasteiger partial charge in [0.15, 0.2) is 5.96 Å². The molecule has 32 heavy (non-hydrogen) atoms. The normalized spacial score (nSPS) is 18.5. The van der Waals surface area contributed by atoms with E-state index in [0.29, 0.717) is 38.7 Å². The van der Waals surface area contributed by atoms with Crippen molar-refractivity contribution in [1.29, 1.82) is 0 Å². The summed E-state index contributed by atoms with van der Waals surface area (Å²) in [7, 11) is 0. The Morgan fingerprint density at radius 1 is 1.09 bits per heavy atom. The van der Waals surface area contributed by atoms with Crippen molar-refractivity contribution in [3.8, 4) is 0 Å². The second kappa shape index (κ2) is 9.97. The Labute approximate surface area is 187 Å². The minimum atomic E-state index is -0.556. The predicted octanol–water partition coefficient (Wildman–Crippen LogP) is 2.68. The first-order valence-corrected chi connectivity index (χ1v) is 11.1. The Kier molecular flexibility index (Phi) is 6.87. The predicted molar refractivity (Wildman–Crippen MR) is 122 cm³/mol. The van der Waals surface area contributed by atoms with Crippen LogP contribution >= 0.6 is 0 Å². The topological polar surface area (TPSA) is 60.0 Å². The number of benzene rings is 2. The summed E-state index contributed by atoms with van der Waals surface area (Å²) < 4.78 is 28.2. The van der Waals surface area contributed by atoms with Gasteiger partial charge in [-0.15, -0.1) is 0 Å². The number of anilines is 1. The number of nitrogens with zero attached hydrogens (tertiary/aromatic N) is 3. The van der Waals surface area contributed by atoms with Crippen LogP contribution in [0.25, 0.3) is 0 Å². The van der Waals surface area contributed by atoms with Gasteiger partial charge in [-0.3, -0.25) is 4.79 Å². The summed E-state index contributed by atoms with van der Waals surface area (Å²) >= 11 is 0. The van der Waals surface area contributed by atoms with Crippen LogP contribution in [0.3, 0.4) is 0 Å². The fourth-order valence-corrected chi connectivity index (χ4v) is 4.34. The fourth-order valence-electron chi connectivity index (χ4n) is 4.34. The zero-order valence-corrected chi connectivity index (χ0v) is 18.3. The summed E-state index contributed by atoms with van der Waals surface area (Å²) in [6.07, 6.45) is 1.57. The lowest BCUT2D eigenvalue weighted by molar-refractivity contribution is -0.130. The zero-order valence-electron chi connectivity index (χ0n) is 18.3. The standard InChI is InChI=1S/C24H29F2N5O/c1-2-27-24(28-14-22(32)30-12-10-17-6-3-4-7-18(17)15-30)29-19-11-13-31(16-19)23-20(25)8-5-9-21(23)26/h3-9,19H,2,10-16H2,1H3,(H2,27,28,29). The minimum absolute atomic E-state index is 0.0132. The molecule has 2 aliphatic heterocycles. The van der Waals surface area contributed by atoms with Crippen LogP contribution in [-0.2, 0) is 17.8 Å². The number of aliphatic imine (C=N–C) groups is 1. The number of halogens is 2. The van der Waals surface area contributed by atoms with Gasteiger partial charge in [-0.05, 0) is 43.0 Å². The molecule has 0 radical (unpaired) electrons. The molecule has 6 nitrogen and oxygen atoms in total. The van der Waals surface area contributed by atoms with Crippen LogP contribution in [0.5, 0.6) is 0 Å². The molecular weight excluding hydrogens is 412 g/mol. The van der Waals surface area contributed by atoms with E-state index in [4.69, 9.17) is 0 Å². The first kappa shape index (κ1) is 22.0. The van der Waals surface area contributed by atoms with Gasteiger partial charge in [0.05, 0.1) is 0 Å². The van der Waals surface area contributed by atoms with Gasteiger partial charge < -0.3 is 20.4 Å². The molecule has 0 saturated carbocycles. The smallest absolute Gasteiger partial charge is 0.244 e. The summed E-state index contributed by atoms with van der Waals surface area (Å²) in [4.78, 5) is 20.8. The maximum absolute atomic E-state index is 14.1. The van der Waals surface area contributed by atoms with E-state index in [1.54, 1.807) is 4.90 Å². The first-order chi connectivity index (χ1) is 15.5. The number of rotatable bonds is 5. The highest BCUT2D eigenvalue weighted by atomic mass is 19.1. The Morgan fingerprint density at radius 2 is 1.84 bits per heavy atom. The van der Waals surface area contributed by atoms with Crippen molar-refractivity contribution in [3.05, 3.63) is 65.2 Å². The van der Waals surface area contributed by atoms with E-state index < -0.39 is 11.6 Å². The minimum Gasteiger partial charge on any atom is -0.365 e. The van der Waals surface area contributed by atoms with E-state index in [0.717, 1.165) is 12.8 Å². The van der Waals surface area contributed by atoms with Gasteiger partial charge >= 0.3 is 0 Å². The van der Waals surface area contributed by atoms with Crippen molar-refractivity contribution >= 4 is 17.6 Å². The third-order valence-electron chi connectivity index (χ3n) is 5.98. The molecule has 2 aromatic rings. The van der Waals surface area contributed by atoms with Crippen molar-refractivity contribution in [2.24, 2.45) is 4.99 Å². The molecule has 4 rings (SSSR count). The van der Waals surface area contributed by atoms with Crippen molar-refractivity contribution < 1.29 is 13.6 Å². The van der Waals surface area contributed by atoms with Gasteiger partial charge in [0, 0.05) is 38.8 Å². The van der Waals surface area contributed by atoms with E-state index in [9.17, 15) is 13.6 Å². The average molecular weight is 442 g/mol. The Hall–Kier alpha value is -3.16.